The van der Waals surface area contributed by atoms with Crippen molar-refractivity contribution in [3.05, 3.63) is 130 Å². The number of carbonyl (C=O) groups excluding carboxylic acids is 2. The summed E-state index contributed by atoms with van der Waals surface area (Å²) in [5, 5.41) is 6.00. The summed E-state index contributed by atoms with van der Waals surface area (Å²) in [6.07, 6.45) is 7.05. The van der Waals surface area contributed by atoms with E-state index < -0.39 is 21.8 Å². The number of allylic oxidation sites excluding steroid dienone is 2. The molecule has 1 atom stereocenters. The van der Waals surface area contributed by atoms with Gasteiger partial charge in [0.05, 0.1) is 5.75 Å². The van der Waals surface area contributed by atoms with Gasteiger partial charge in [0, 0.05) is 29.2 Å². The Kier molecular flexibility index (Phi) is 13.6. The second-order valence-electron chi connectivity index (χ2n) is 13.8. The molecule has 0 radical (unpaired) electrons. The van der Waals surface area contributed by atoms with E-state index in [-0.39, 0.29) is 18.9 Å². The van der Waals surface area contributed by atoms with Crippen LogP contribution in [0.1, 0.15) is 73.5 Å². The van der Waals surface area contributed by atoms with Gasteiger partial charge in [-0.15, -0.1) is 0 Å². The summed E-state index contributed by atoms with van der Waals surface area (Å²) >= 11 is 6.02. The Morgan fingerprint density at radius 2 is 1.58 bits per heavy atom. The van der Waals surface area contributed by atoms with Crippen molar-refractivity contribution in [3.63, 3.8) is 0 Å². The van der Waals surface area contributed by atoms with Crippen molar-refractivity contribution in [2.45, 2.75) is 59.8 Å². The lowest BCUT2D eigenvalue weighted by atomic mass is 9.72. The molecule has 0 spiro atoms. The molecule has 9 heteroatoms. The lowest BCUT2D eigenvalue weighted by Gasteiger charge is -2.33. The molecule has 0 aliphatic heterocycles. The molecule has 0 heterocycles. The number of carbonyl (C=O) groups is 2. The molecule has 0 bridgehead atoms. The molecule has 7 nitrogen and oxygen atoms in total. The molecule has 4 aromatic carbocycles. The number of nitrogens with one attached hydrogen (secondary N) is 2. The molecule has 5 rings (SSSR count). The Balaban J connectivity index is 0.000000291. The SMILES string of the molecule is CC(C)(C)C1CC=C(c2ccccc2)CC1.Cc1cc(Cl)ccc1-c1ccc(NC(=O)CCc2ccc(C(=O)NCCS(=O)(=O)O)cc2)cc1. The summed E-state index contributed by atoms with van der Waals surface area (Å²) in [6, 6.07) is 30.8. The van der Waals surface area contributed by atoms with E-state index in [1.165, 1.54) is 24.8 Å². The van der Waals surface area contributed by atoms with E-state index >= 15 is 0 Å². The van der Waals surface area contributed by atoms with Crippen LogP contribution in [0.5, 0.6) is 0 Å². The van der Waals surface area contributed by atoms with Crippen molar-refractivity contribution < 1.29 is 22.6 Å². The second kappa shape index (κ2) is 17.6. The molecule has 50 heavy (non-hydrogen) atoms. The van der Waals surface area contributed by atoms with Gasteiger partial charge in [0.15, 0.2) is 0 Å². The van der Waals surface area contributed by atoms with E-state index in [1.54, 1.807) is 29.8 Å². The highest BCUT2D eigenvalue weighted by molar-refractivity contribution is 7.85. The fraction of sp³-hybridized carbons (Fsp3) is 0.317. The fourth-order valence-electron chi connectivity index (χ4n) is 5.92. The molecule has 1 aliphatic rings. The van der Waals surface area contributed by atoms with Crippen LogP contribution in [-0.2, 0) is 21.3 Å². The highest BCUT2D eigenvalue weighted by atomic mass is 35.5. The first-order chi connectivity index (χ1) is 23.7. The van der Waals surface area contributed by atoms with Crippen LogP contribution < -0.4 is 10.6 Å². The lowest BCUT2D eigenvalue weighted by molar-refractivity contribution is -0.116. The van der Waals surface area contributed by atoms with E-state index in [9.17, 15) is 18.0 Å². The standard InChI is InChI=1S/C25H25ClN2O5S.C16H22/c1-17-16-21(26)9-12-23(17)19-7-10-22(11-8-19)28-24(29)13-4-18-2-5-20(6-3-18)25(30)27-14-15-34(31,32)33;1-16(2,3)15-11-9-14(10-12-15)13-7-5-4-6-8-13/h2-3,5-12,16H,4,13-15H2,1H3,(H,27,30)(H,28,29)(H,31,32,33);4-9,15H,10-12H2,1-3H3. The van der Waals surface area contributed by atoms with Gasteiger partial charge in [0.2, 0.25) is 5.91 Å². The zero-order valence-electron chi connectivity index (χ0n) is 29.2. The van der Waals surface area contributed by atoms with Gasteiger partial charge in [-0.05, 0) is 114 Å². The Morgan fingerprint density at radius 1 is 0.900 bits per heavy atom. The Hall–Kier alpha value is -4.24. The van der Waals surface area contributed by atoms with E-state index in [0.29, 0.717) is 28.1 Å². The molecule has 0 aromatic heterocycles. The van der Waals surface area contributed by atoms with E-state index in [1.807, 2.05) is 49.4 Å². The third-order valence-corrected chi connectivity index (χ3v) is 9.91. The molecule has 0 saturated heterocycles. The quantitative estimate of drug-likeness (QED) is 0.142. The Morgan fingerprint density at radius 3 is 2.16 bits per heavy atom. The van der Waals surface area contributed by atoms with Gasteiger partial charge >= 0.3 is 0 Å². The maximum absolute atomic E-state index is 12.3. The molecule has 1 unspecified atom stereocenters. The maximum Gasteiger partial charge on any atom is 0.266 e. The molecule has 0 saturated carbocycles. The van der Waals surface area contributed by atoms with Crippen LogP contribution in [0.2, 0.25) is 5.02 Å². The summed E-state index contributed by atoms with van der Waals surface area (Å²) in [4.78, 5) is 24.3. The van der Waals surface area contributed by atoms with E-state index in [0.717, 1.165) is 28.2 Å². The number of rotatable bonds is 10. The van der Waals surface area contributed by atoms with E-state index in [4.69, 9.17) is 16.2 Å². The molecule has 1 aliphatic carbocycles. The van der Waals surface area contributed by atoms with E-state index in [2.05, 4.69) is 67.8 Å². The van der Waals surface area contributed by atoms with Crippen molar-refractivity contribution in [2.75, 3.05) is 17.6 Å². The normalized spacial score (nSPS) is 14.5. The highest BCUT2D eigenvalue weighted by Crippen LogP contribution is 2.39. The summed E-state index contributed by atoms with van der Waals surface area (Å²) in [7, 11) is -4.12. The minimum Gasteiger partial charge on any atom is -0.351 e. The topological polar surface area (TPSA) is 113 Å². The number of anilines is 1. The first-order valence-corrected chi connectivity index (χ1v) is 18.9. The van der Waals surface area contributed by atoms with Crippen molar-refractivity contribution in [1.29, 1.82) is 0 Å². The van der Waals surface area contributed by atoms with Gasteiger partial charge in [-0.25, -0.2) is 0 Å². The predicted octanol–water partition coefficient (Wildman–Crippen LogP) is 9.42. The molecule has 2 amide bonds. The lowest BCUT2D eigenvalue weighted by Crippen LogP contribution is -2.28. The Labute approximate surface area is 301 Å². The number of hydrogen-bond acceptors (Lipinski definition) is 4. The summed E-state index contributed by atoms with van der Waals surface area (Å²) in [5.74, 6) is -0.261. The zero-order valence-corrected chi connectivity index (χ0v) is 30.8. The molecular weight excluding hydrogens is 668 g/mol. The van der Waals surface area contributed by atoms with Crippen LogP contribution in [0.3, 0.4) is 0 Å². The minimum absolute atomic E-state index is 0.123. The molecule has 0 fully saturated rings. The molecular formula is C41H47ClN2O5S. The number of benzene rings is 4. The number of hydrogen-bond donors (Lipinski definition) is 3. The van der Waals surface area contributed by atoms with Gasteiger partial charge in [-0.2, -0.15) is 8.42 Å². The van der Waals surface area contributed by atoms with Crippen LogP contribution in [0.15, 0.2) is 103 Å². The van der Waals surface area contributed by atoms with Crippen molar-refractivity contribution in [3.8, 4) is 11.1 Å². The molecule has 3 N–H and O–H groups in total. The molecule has 4 aromatic rings. The van der Waals surface area contributed by atoms with Crippen molar-refractivity contribution >= 4 is 44.8 Å². The Bertz CT molecular complexity index is 1880. The average Bonchev–Trinajstić information content (AvgIpc) is 3.08. The smallest absolute Gasteiger partial charge is 0.266 e. The minimum atomic E-state index is -4.12. The second-order valence-corrected chi connectivity index (χ2v) is 15.8. The predicted molar refractivity (Wildman–Crippen MR) is 205 cm³/mol. The third kappa shape index (κ3) is 12.3. The first-order valence-electron chi connectivity index (χ1n) is 16.9. The summed E-state index contributed by atoms with van der Waals surface area (Å²) < 4.78 is 30.1. The maximum atomic E-state index is 12.3. The van der Waals surface area contributed by atoms with Gasteiger partial charge in [0.25, 0.3) is 16.0 Å². The van der Waals surface area contributed by atoms with Gasteiger partial charge in [-0.1, -0.05) is 99.1 Å². The first kappa shape index (κ1) is 38.6. The van der Waals surface area contributed by atoms with Crippen LogP contribution in [-0.4, -0.2) is 37.1 Å². The number of amides is 2. The van der Waals surface area contributed by atoms with Crippen molar-refractivity contribution in [1.82, 2.24) is 5.32 Å². The molecule has 264 valence electrons. The zero-order chi connectivity index (χ0) is 36.3. The van der Waals surface area contributed by atoms with Gasteiger partial charge < -0.3 is 10.6 Å². The van der Waals surface area contributed by atoms with Crippen LogP contribution in [0, 0.1) is 18.3 Å². The number of halogens is 1. The summed E-state index contributed by atoms with van der Waals surface area (Å²) in [5.41, 5.74) is 8.56. The van der Waals surface area contributed by atoms with Crippen LogP contribution >= 0.6 is 11.6 Å². The van der Waals surface area contributed by atoms with Gasteiger partial charge in [-0.3, -0.25) is 14.1 Å². The average molecular weight is 715 g/mol. The van der Waals surface area contributed by atoms with Crippen LogP contribution in [0.4, 0.5) is 5.69 Å². The van der Waals surface area contributed by atoms with Gasteiger partial charge in [0.1, 0.15) is 0 Å². The summed E-state index contributed by atoms with van der Waals surface area (Å²) in [6.45, 7) is 8.90. The number of aryl methyl sites for hydroxylation is 2. The van der Waals surface area contributed by atoms with Crippen molar-refractivity contribution in [2.24, 2.45) is 11.3 Å². The van der Waals surface area contributed by atoms with Crippen LogP contribution in [0.25, 0.3) is 16.7 Å². The monoisotopic (exact) mass is 714 g/mol. The third-order valence-electron chi connectivity index (χ3n) is 8.95. The highest BCUT2D eigenvalue weighted by Gasteiger charge is 2.26. The largest absolute Gasteiger partial charge is 0.351 e. The fourth-order valence-corrected chi connectivity index (χ4v) is 6.51.